The maximum atomic E-state index is 12.5. The highest BCUT2D eigenvalue weighted by Crippen LogP contribution is 2.35. The zero-order chi connectivity index (χ0) is 17.9. The summed E-state index contributed by atoms with van der Waals surface area (Å²) in [5.74, 6) is 2.20. The topological polar surface area (TPSA) is 78.5 Å². The highest BCUT2D eigenvalue weighted by atomic mass is 16.2. The number of terminal acetylenes is 1. The minimum atomic E-state index is -0.686. The number of hydrogen-bond acceptors (Lipinski definition) is 3. The molecular formula is C19H21N3O3. The van der Waals surface area contributed by atoms with Crippen LogP contribution < -0.4 is 10.6 Å². The number of carbonyl (C=O) groups excluding carboxylic acids is 3. The summed E-state index contributed by atoms with van der Waals surface area (Å²) in [5, 5.41) is 5.61. The van der Waals surface area contributed by atoms with Gasteiger partial charge in [-0.1, -0.05) is 24.8 Å². The predicted molar refractivity (Wildman–Crippen MR) is 93.7 cm³/mol. The highest BCUT2D eigenvalue weighted by molar-refractivity contribution is 6.07. The number of imide groups is 1. The molecule has 0 radical (unpaired) electrons. The Bertz CT molecular complexity index is 745. The van der Waals surface area contributed by atoms with Crippen LogP contribution in [0.5, 0.6) is 0 Å². The van der Waals surface area contributed by atoms with Gasteiger partial charge in [0.15, 0.2) is 0 Å². The van der Waals surface area contributed by atoms with Crippen molar-refractivity contribution in [1.82, 2.24) is 10.2 Å². The third-order valence-corrected chi connectivity index (χ3v) is 4.80. The first-order valence-corrected chi connectivity index (χ1v) is 8.55. The summed E-state index contributed by atoms with van der Waals surface area (Å²) in [6, 6.07) is 6.71. The van der Waals surface area contributed by atoms with Gasteiger partial charge in [0.2, 0.25) is 5.91 Å². The molecule has 0 aromatic heterocycles. The highest BCUT2D eigenvalue weighted by Gasteiger charge is 2.51. The van der Waals surface area contributed by atoms with Crippen LogP contribution in [0, 0.1) is 12.3 Å². The third-order valence-electron chi connectivity index (χ3n) is 4.80. The fourth-order valence-electron chi connectivity index (χ4n) is 3.50. The van der Waals surface area contributed by atoms with Crippen molar-refractivity contribution in [2.45, 2.75) is 44.1 Å². The van der Waals surface area contributed by atoms with E-state index in [1.165, 1.54) is 4.90 Å². The van der Waals surface area contributed by atoms with Crippen LogP contribution in [0.2, 0.25) is 0 Å². The van der Waals surface area contributed by atoms with E-state index in [1.807, 2.05) is 0 Å². The largest absolute Gasteiger partial charge is 0.326 e. The van der Waals surface area contributed by atoms with E-state index >= 15 is 0 Å². The van der Waals surface area contributed by atoms with Crippen molar-refractivity contribution >= 4 is 23.5 Å². The lowest BCUT2D eigenvalue weighted by Crippen LogP contribution is -2.44. The number of amides is 4. The zero-order valence-corrected chi connectivity index (χ0v) is 14.0. The summed E-state index contributed by atoms with van der Waals surface area (Å²) in [7, 11) is 0. The SMILES string of the molecule is C#Cc1cccc(NC(=O)CCCN2C(=O)NC3(CCCC3)C2=O)c1. The van der Waals surface area contributed by atoms with Gasteiger partial charge in [-0.25, -0.2) is 4.79 Å². The van der Waals surface area contributed by atoms with Gasteiger partial charge in [0.05, 0.1) is 0 Å². The Labute approximate surface area is 147 Å². The van der Waals surface area contributed by atoms with Crippen LogP contribution in [-0.2, 0) is 9.59 Å². The lowest BCUT2D eigenvalue weighted by atomic mass is 9.98. The number of urea groups is 1. The van der Waals surface area contributed by atoms with Gasteiger partial charge in [-0.2, -0.15) is 0 Å². The fraction of sp³-hybridized carbons (Fsp3) is 0.421. The molecule has 4 amide bonds. The molecule has 0 bridgehead atoms. The average Bonchev–Trinajstić information content (AvgIpc) is 3.15. The molecule has 2 fully saturated rings. The number of rotatable bonds is 5. The number of carbonyl (C=O) groups is 3. The normalized spacial score (nSPS) is 18.3. The van der Waals surface area contributed by atoms with Gasteiger partial charge in [-0.15, -0.1) is 6.42 Å². The molecule has 6 nitrogen and oxygen atoms in total. The fourth-order valence-corrected chi connectivity index (χ4v) is 3.50. The molecule has 1 aliphatic heterocycles. The Hall–Kier alpha value is -2.81. The van der Waals surface area contributed by atoms with Crippen LogP contribution in [0.4, 0.5) is 10.5 Å². The van der Waals surface area contributed by atoms with Crippen molar-refractivity contribution < 1.29 is 14.4 Å². The van der Waals surface area contributed by atoms with Gasteiger partial charge in [-0.05, 0) is 37.5 Å². The molecule has 3 rings (SSSR count). The Balaban J connectivity index is 1.49. The summed E-state index contributed by atoms with van der Waals surface area (Å²) in [5.41, 5.74) is 0.647. The second-order valence-electron chi connectivity index (χ2n) is 6.55. The molecule has 1 saturated carbocycles. The molecule has 0 unspecified atom stereocenters. The van der Waals surface area contributed by atoms with Gasteiger partial charge in [-0.3, -0.25) is 14.5 Å². The predicted octanol–water partition coefficient (Wildman–Crippen LogP) is 2.25. The van der Waals surface area contributed by atoms with E-state index in [2.05, 4.69) is 16.6 Å². The maximum absolute atomic E-state index is 12.5. The average molecular weight is 339 g/mol. The van der Waals surface area contributed by atoms with Gasteiger partial charge in [0.25, 0.3) is 5.91 Å². The second kappa shape index (κ2) is 6.98. The molecule has 1 aromatic carbocycles. The van der Waals surface area contributed by atoms with E-state index in [0.29, 0.717) is 30.5 Å². The standard InChI is InChI=1S/C19H21N3O3/c1-2-14-7-5-8-15(13-14)20-16(23)9-6-12-22-17(24)19(21-18(22)25)10-3-4-11-19/h1,5,7-8,13H,3-4,6,9-12H2,(H,20,23)(H,21,25). The Kier molecular flexibility index (Phi) is 4.75. The number of nitrogens with zero attached hydrogens (tertiary/aromatic N) is 1. The van der Waals surface area contributed by atoms with E-state index in [1.54, 1.807) is 24.3 Å². The first-order valence-electron chi connectivity index (χ1n) is 8.55. The molecule has 6 heteroatoms. The number of anilines is 1. The van der Waals surface area contributed by atoms with E-state index in [-0.39, 0.29) is 30.8 Å². The van der Waals surface area contributed by atoms with Gasteiger partial charge >= 0.3 is 6.03 Å². The molecule has 130 valence electrons. The number of benzene rings is 1. The smallest absolute Gasteiger partial charge is 0.325 e. The van der Waals surface area contributed by atoms with Gasteiger partial charge in [0.1, 0.15) is 5.54 Å². The Morgan fingerprint density at radius 2 is 2.08 bits per heavy atom. The van der Waals surface area contributed by atoms with Crippen LogP contribution in [0.15, 0.2) is 24.3 Å². The minimum absolute atomic E-state index is 0.142. The quantitative estimate of drug-likeness (QED) is 0.638. The Morgan fingerprint density at radius 3 is 2.80 bits per heavy atom. The molecule has 25 heavy (non-hydrogen) atoms. The van der Waals surface area contributed by atoms with Crippen LogP contribution in [0.1, 0.15) is 44.1 Å². The van der Waals surface area contributed by atoms with Crippen molar-refractivity contribution in [1.29, 1.82) is 0 Å². The molecule has 1 saturated heterocycles. The zero-order valence-electron chi connectivity index (χ0n) is 14.0. The number of nitrogens with one attached hydrogen (secondary N) is 2. The molecular weight excluding hydrogens is 318 g/mol. The first-order chi connectivity index (χ1) is 12.0. The van der Waals surface area contributed by atoms with Crippen molar-refractivity contribution in [2.75, 3.05) is 11.9 Å². The lowest BCUT2D eigenvalue weighted by molar-refractivity contribution is -0.131. The van der Waals surface area contributed by atoms with Gasteiger partial charge in [0, 0.05) is 24.2 Å². The third kappa shape index (κ3) is 3.50. The lowest BCUT2D eigenvalue weighted by Gasteiger charge is -2.19. The first kappa shape index (κ1) is 17.0. The molecule has 1 heterocycles. The van der Waals surface area contributed by atoms with Crippen molar-refractivity contribution in [3.8, 4) is 12.3 Å². The second-order valence-corrected chi connectivity index (χ2v) is 6.55. The summed E-state index contributed by atoms with van der Waals surface area (Å²) >= 11 is 0. The summed E-state index contributed by atoms with van der Waals surface area (Å²) in [6.45, 7) is 0.254. The molecule has 1 aliphatic carbocycles. The Morgan fingerprint density at radius 1 is 1.32 bits per heavy atom. The molecule has 0 atom stereocenters. The van der Waals surface area contributed by atoms with Crippen molar-refractivity contribution in [3.63, 3.8) is 0 Å². The van der Waals surface area contributed by atoms with E-state index in [9.17, 15) is 14.4 Å². The molecule has 2 N–H and O–H groups in total. The van der Waals surface area contributed by atoms with Crippen LogP contribution in [0.25, 0.3) is 0 Å². The molecule has 1 aromatic rings. The van der Waals surface area contributed by atoms with Crippen molar-refractivity contribution in [2.24, 2.45) is 0 Å². The van der Waals surface area contributed by atoms with E-state index < -0.39 is 5.54 Å². The summed E-state index contributed by atoms with van der Waals surface area (Å²) < 4.78 is 0. The molecule has 2 aliphatic rings. The summed E-state index contributed by atoms with van der Waals surface area (Å²) in [6.07, 6.45) is 9.32. The summed E-state index contributed by atoms with van der Waals surface area (Å²) in [4.78, 5) is 37.8. The maximum Gasteiger partial charge on any atom is 0.325 e. The van der Waals surface area contributed by atoms with Crippen LogP contribution >= 0.6 is 0 Å². The minimum Gasteiger partial charge on any atom is -0.326 e. The molecule has 1 spiro atoms. The van der Waals surface area contributed by atoms with E-state index in [0.717, 1.165) is 12.8 Å². The monoisotopic (exact) mass is 339 g/mol. The number of hydrogen-bond donors (Lipinski definition) is 2. The van der Waals surface area contributed by atoms with E-state index in [4.69, 9.17) is 6.42 Å². The van der Waals surface area contributed by atoms with Crippen molar-refractivity contribution in [3.05, 3.63) is 29.8 Å². The van der Waals surface area contributed by atoms with Gasteiger partial charge < -0.3 is 10.6 Å². The van der Waals surface area contributed by atoms with Crippen LogP contribution in [0.3, 0.4) is 0 Å². The van der Waals surface area contributed by atoms with Crippen LogP contribution in [-0.4, -0.2) is 34.8 Å².